The van der Waals surface area contributed by atoms with E-state index in [1.54, 1.807) is 12.5 Å². The zero-order valence-corrected chi connectivity index (χ0v) is 17.8. The van der Waals surface area contributed by atoms with Crippen LogP contribution in [0.25, 0.3) is 22.3 Å². The molecule has 0 aliphatic heterocycles. The number of hydrogen-bond donors (Lipinski definition) is 3. The van der Waals surface area contributed by atoms with E-state index < -0.39 is 0 Å². The highest BCUT2D eigenvalue weighted by atomic mass is 35.5. The second-order valence-corrected chi connectivity index (χ2v) is 8.35. The van der Waals surface area contributed by atoms with Crippen LogP contribution in [0.2, 0.25) is 5.02 Å². The minimum Gasteiger partial charge on any atom is -0.329 e. The van der Waals surface area contributed by atoms with Gasteiger partial charge in [-0.2, -0.15) is 5.10 Å². The van der Waals surface area contributed by atoms with Crippen molar-refractivity contribution in [1.29, 1.82) is 0 Å². The van der Waals surface area contributed by atoms with E-state index in [0.717, 1.165) is 48.5 Å². The Morgan fingerprint density at radius 2 is 2.10 bits per heavy atom. The predicted octanol–water partition coefficient (Wildman–Crippen LogP) is 3.80. The molecule has 1 saturated carbocycles. The van der Waals surface area contributed by atoms with Crippen molar-refractivity contribution in [3.63, 3.8) is 0 Å². The molecule has 3 aromatic heterocycles. The highest BCUT2D eigenvalue weighted by Gasteiger charge is 2.28. The van der Waals surface area contributed by atoms with E-state index in [1.165, 1.54) is 32.1 Å². The van der Waals surface area contributed by atoms with Gasteiger partial charge in [0.25, 0.3) is 0 Å². The summed E-state index contributed by atoms with van der Waals surface area (Å²) in [6.45, 7) is 6.60. The minimum atomic E-state index is 0.459. The molecule has 0 unspecified atom stereocenters. The Hall–Kier alpha value is -1.96. The lowest BCUT2D eigenvalue weighted by molar-refractivity contribution is 0.452. The number of nitrogens with one attached hydrogen (secondary N) is 3. The number of aromatic nitrogens is 5. The van der Waals surface area contributed by atoms with Crippen LogP contribution in [-0.2, 0) is 0 Å². The van der Waals surface area contributed by atoms with Crippen molar-refractivity contribution in [2.45, 2.75) is 45.1 Å². The lowest BCUT2D eigenvalue weighted by atomic mass is 10.1. The van der Waals surface area contributed by atoms with Gasteiger partial charge in [0, 0.05) is 29.4 Å². The van der Waals surface area contributed by atoms with E-state index >= 15 is 0 Å². The SMILES string of the molecule is CCCNCCCNC[C@@H]1CC[C@H](n2cc(-c3[nH]ncc3Cl)c3cncnc32)C1. The Kier molecular flexibility index (Phi) is 6.79. The van der Waals surface area contributed by atoms with Gasteiger partial charge in [0.2, 0.25) is 0 Å². The van der Waals surface area contributed by atoms with E-state index in [4.69, 9.17) is 11.6 Å². The van der Waals surface area contributed by atoms with Gasteiger partial charge in [-0.1, -0.05) is 18.5 Å². The normalized spacial score (nSPS) is 19.4. The van der Waals surface area contributed by atoms with Gasteiger partial charge >= 0.3 is 0 Å². The minimum absolute atomic E-state index is 0.459. The van der Waals surface area contributed by atoms with Crippen molar-refractivity contribution in [3.8, 4) is 11.3 Å². The molecular formula is C21H30ClN7. The summed E-state index contributed by atoms with van der Waals surface area (Å²) in [4.78, 5) is 8.80. The number of aromatic amines is 1. The molecule has 3 aromatic rings. The summed E-state index contributed by atoms with van der Waals surface area (Å²) < 4.78 is 2.32. The van der Waals surface area contributed by atoms with Crippen molar-refractivity contribution in [3.05, 3.63) is 29.9 Å². The molecule has 0 spiro atoms. The van der Waals surface area contributed by atoms with Crippen molar-refractivity contribution < 1.29 is 0 Å². The monoisotopic (exact) mass is 415 g/mol. The van der Waals surface area contributed by atoms with Crippen LogP contribution in [0.4, 0.5) is 0 Å². The fourth-order valence-electron chi connectivity index (χ4n) is 4.36. The van der Waals surface area contributed by atoms with E-state index in [9.17, 15) is 0 Å². The lowest BCUT2D eigenvalue weighted by Gasteiger charge is -2.15. The summed E-state index contributed by atoms with van der Waals surface area (Å²) in [5.41, 5.74) is 2.82. The van der Waals surface area contributed by atoms with Crippen LogP contribution in [0.1, 0.15) is 45.1 Å². The zero-order chi connectivity index (χ0) is 20.1. The van der Waals surface area contributed by atoms with E-state index in [0.29, 0.717) is 17.0 Å². The molecule has 0 saturated heterocycles. The summed E-state index contributed by atoms with van der Waals surface area (Å²) in [6.07, 6.45) is 13.3. The fraction of sp³-hybridized carbons (Fsp3) is 0.571. The second-order valence-electron chi connectivity index (χ2n) is 7.94. The molecular weight excluding hydrogens is 386 g/mol. The van der Waals surface area contributed by atoms with Gasteiger partial charge in [0.15, 0.2) is 0 Å². The van der Waals surface area contributed by atoms with Crippen LogP contribution in [0.5, 0.6) is 0 Å². The fourth-order valence-corrected chi connectivity index (χ4v) is 4.55. The summed E-state index contributed by atoms with van der Waals surface area (Å²) in [7, 11) is 0. The third-order valence-electron chi connectivity index (χ3n) is 5.83. The molecule has 1 aliphatic rings. The van der Waals surface area contributed by atoms with Gasteiger partial charge in [-0.05, 0) is 64.2 Å². The van der Waals surface area contributed by atoms with Gasteiger partial charge in [0.1, 0.15) is 12.0 Å². The third kappa shape index (κ3) is 4.63. The molecule has 1 aliphatic carbocycles. The van der Waals surface area contributed by atoms with Crippen molar-refractivity contribution >= 4 is 22.6 Å². The summed E-state index contributed by atoms with van der Waals surface area (Å²) in [6, 6.07) is 0.459. The number of rotatable bonds is 10. The van der Waals surface area contributed by atoms with Crippen LogP contribution in [0.15, 0.2) is 24.9 Å². The van der Waals surface area contributed by atoms with Crippen LogP contribution in [-0.4, -0.2) is 50.9 Å². The van der Waals surface area contributed by atoms with E-state index in [1.807, 2.05) is 6.20 Å². The molecule has 3 N–H and O–H groups in total. The molecule has 0 amide bonds. The van der Waals surface area contributed by atoms with Crippen molar-refractivity contribution in [2.75, 3.05) is 26.2 Å². The molecule has 156 valence electrons. The molecule has 4 rings (SSSR count). The van der Waals surface area contributed by atoms with Gasteiger partial charge in [-0.25, -0.2) is 9.97 Å². The summed E-state index contributed by atoms with van der Waals surface area (Å²) in [5.74, 6) is 0.710. The van der Waals surface area contributed by atoms with Gasteiger partial charge in [0.05, 0.1) is 16.9 Å². The number of hydrogen-bond acceptors (Lipinski definition) is 5. The summed E-state index contributed by atoms with van der Waals surface area (Å²) >= 11 is 6.32. The number of fused-ring (bicyclic) bond motifs is 1. The third-order valence-corrected chi connectivity index (χ3v) is 6.12. The van der Waals surface area contributed by atoms with E-state index in [-0.39, 0.29) is 0 Å². The van der Waals surface area contributed by atoms with Crippen LogP contribution < -0.4 is 10.6 Å². The van der Waals surface area contributed by atoms with E-state index in [2.05, 4.69) is 48.5 Å². The maximum Gasteiger partial charge on any atom is 0.144 e. The maximum atomic E-state index is 6.32. The first-order valence-corrected chi connectivity index (χ1v) is 11.1. The molecule has 0 bridgehead atoms. The molecule has 8 heteroatoms. The smallest absolute Gasteiger partial charge is 0.144 e. The Morgan fingerprint density at radius 3 is 2.93 bits per heavy atom. The largest absolute Gasteiger partial charge is 0.329 e. The molecule has 2 atom stereocenters. The average Bonchev–Trinajstić information content (AvgIpc) is 3.45. The van der Waals surface area contributed by atoms with Gasteiger partial charge in [-0.15, -0.1) is 0 Å². The van der Waals surface area contributed by atoms with Crippen molar-refractivity contribution in [1.82, 2.24) is 35.4 Å². The zero-order valence-electron chi connectivity index (χ0n) is 17.0. The van der Waals surface area contributed by atoms with Gasteiger partial charge < -0.3 is 15.2 Å². The Balaban J connectivity index is 1.39. The highest BCUT2D eigenvalue weighted by molar-refractivity contribution is 6.33. The predicted molar refractivity (Wildman–Crippen MR) is 117 cm³/mol. The molecule has 1 fully saturated rings. The standard InChI is InChI=1S/C21H30ClN7/c1-2-6-23-7-3-8-24-10-15-4-5-16(9-15)29-13-18(20-19(22)12-27-28-20)17-11-25-14-26-21(17)29/h11-16,23-24H,2-10H2,1H3,(H,27,28)/t15-,16+/m1/s1. The topological polar surface area (TPSA) is 83.5 Å². The number of halogens is 1. The highest BCUT2D eigenvalue weighted by Crippen LogP contribution is 2.39. The first-order chi connectivity index (χ1) is 14.3. The van der Waals surface area contributed by atoms with Crippen LogP contribution in [0, 0.1) is 5.92 Å². The molecule has 0 aromatic carbocycles. The lowest BCUT2D eigenvalue weighted by Crippen LogP contribution is -2.26. The Bertz CT molecular complexity index is 919. The molecule has 7 nitrogen and oxygen atoms in total. The maximum absolute atomic E-state index is 6.32. The summed E-state index contributed by atoms with van der Waals surface area (Å²) in [5, 5.41) is 15.8. The first-order valence-electron chi connectivity index (χ1n) is 10.7. The number of H-pyrrole nitrogens is 1. The van der Waals surface area contributed by atoms with Crippen LogP contribution in [0.3, 0.4) is 0 Å². The first kappa shape index (κ1) is 20.3. The number of nitrogens with zero attached hydrogens (tertiary/aromatic N) is 4. The van der Waals surface area contributed by atoms with Crippen molar-refractivity contribution in [2.24, 2.45) is 5.92 Å². The molecule has 29 heavy (non-hydrogen) atoms. The Labute approximate surface area is 176 Å². The quantitative estimate of drug-likeness (QED) is 0.439. The van der Waals surface area contributed by atoms with Crippen LogP contribution >= 0.6 is 11.6 Å². The second kappa shape index (κ2) is 9.69. The molecule has 3 heterocycles. The Morgan fingerprint density at radius 1 is 1.21 bits per heavy atom. The average molecular weight is 416 g/mol. The van der Waals surface area contributed by atoms with Gasteiger partial charge in [-0.3, -0.25) is 5.10 Å². The molecule has 0 radical (unpaired) electrons.